The van der Waals surface area contributed by atoms with E-state index in [-0.39, 0.29) is 10.2 Å². The molecule has 2 rings (SSSR count). The molecule has 0 radical (unpaired) electrons. The fourth-order valence-electron chi connectivity index (χ4n) is 1.09. The highest BCUT2D eigenvalue weighted by atomic mass is 32.1. The van der Waals surface area contributed by atoms with E-state index in [0.29, 0.717) is 5.75 Å². The molecule has 0 amide bonds. The molecule has 0 saturated carbocycles. The lowest BCUT2D eigenvalue weighted by atomic mass is 10.2. The number of aryl methyl sites for hydroxylation is 1. The molecule has 1 aromatic carbocycles. The van der Waals surface area contributed by atoms with Crippen LogP contribution in [0, 0.1) is 17.0 Å². The van der Waals surface area contributed by atoms with Crippen LogP contribution in [0.5, 0.6) is 10.9 Å². The Kier molecular flexibility index (Phi) is 2.82. The van der Waals surface area contributed by atoms with Crippen molar-refractivity contribution >= 4 is 16.3 Å². The number of nitrogens with zero attached hydrogens (tertiary/aromatic N) is 2. The smallest absolute Gasteiger partial charge is 0.347 e. The van der Waals surface area contributed by atoms with E-state index >= 15 is 0 Å². The van der Waals surface area contributed by atoms with Crippen molar-refractivity contribution in [2.24, 2.45) is 0 Å². The zero-order valence-electron chi connectivity index (χ0n) is 8.41. The number of rotatable bonds is 3. The Labute approximate surface area is 95.5 Å². The summed E-state index contributed by atoms with van der Waals surface area (Å²) in [6.07, 6.45) is 1.19. The Balaban J connectivity index is 2.14. The maximum Gasteiger partial charge on any atom is 0.347 e. The van der Waals surface area contributed by atoms with Crippen LogP contribution in [0.1, 0.15) is 5.56 Å². The van der Waals surface area contributed by atoms with Gasteiger partial charge in [-0.25, -0.2) is 4.98 Å². The molecule has 0 fully saturated rings. The zero-order valence-corrected chi connectivity index (χ0v) is 9.23. The summed E-state index contributed by atoms with van der Waals surface area (Å²) >= 11 is 0.908. The molecule has 0 atom stereocenters. The topological polar surface area (TPSA) is 65.3 Å². The van der Waals surface area contributed by atoms with Crippen molar-refractivity contribution in [3.63, 3.8) is 0 Å². The number of ether oxygens (including phenoxy) is 1. The van der Waals surface area contributed by atoms with E-state index in [9.17, 15) is 10.1 Å². The van der Waals surface area contributed by atoms with Crippen molar-refractivity contribution in [2.75, 3.05) is 0 Å². The molecule has 5 nitrogen and oxygen atoms in total. The summed E-state index contributed by atoms with van der Waals surface area (Å²) in [5.41, 5.74) is 1.12. The zero-order chi connectivity index (χ0) is 11.5. The first-order valence-electron chi connectivity index (χ1n) is 4.50. The van der Waals surface area contributed by atoms with Gasteiger partial charge in [0.2, 0.25) is 0 Å². The quantitative estimate of drug-likeness (QED) is 0.606. The van der Waals surface area contributed by atoms with Crippen LogP contribution in [-0.2, 0) is 0 Å². The van der Waals surface area contributed by atoms with Crippen LogP contribution in [0.2, 0.25) is 0 Å². The fraction of sp³-hybridized carbons (Fsp3) is 0.100. The standard InChI is InChI=1S/C10H8N2O3S/c1-7-2-4-8(5-3-7)15-10-11-6-9(16-10)12(13)14/h2-6H,1H3. The highest BCUT2D eigenvalue weighted by Gasteiger charge is 2.12. The molecular formula is C10H8N2O3S. The fourth-order valence-corrected chi connectivity index (χ4v) is 1.69. The number of benzene rings is 1. The maximum atomic E-state index is 10.4. The van der Waals surface area contributed by atoms with Crippen LogP contribution in [0.25, 0.3) is 0 Å². The van der Waals surface area contributed by atoms with Crippen molar-refractivity contribution in [2.45, 2.75) is 6.92 Å². The second-order valence-electron chi connectivity index (χ2n) is 3.14. The van der Waals surface area contributed by atoms with Gasteiger partial charge in [0.1, 0.15) is 11.9 Å². The summed E-state index contributed by atoms with van der Waals surface area (Å²) in [5, 5.41) is 10.7. The summed E-state index contributed by atoms with van der Waals surface area (Å²) < 4.78 is 5.37. The third-order valence-corrected chi connectivity index (χ3v) is 2.71. The molecule has 1 aromatic heterocycles. The monoisotopic (exact) mass is 236 g/mol. The molecular weight excluding hydrogens is 228 g/mol. The van der Waals surface area contributed by atoms with Crippen LogP contribution >= 0.6 is 11.3 Å². The van der Waals surface area contributed by atoms with Gasteiger partial charge in [0.05, 0.1) is 4.92 Å². The molecule has 0 saturated heterocycles. The van der Waals surface area contributed by atoms with Crippen LogP contribution in [0.3, 0.4) is 0 Å². The van der Waals surface area contributed by atoms with E-state index in [4.69, 9.17) is 4.74 Å². The minimum absolute atomic E-state index is 0.0258. The molecule has 0 unspecified atom stereocenters. The van der Waals surface area contributed by atoms with Gasteiger partial charge in [0, 0.05) is 0 Å². The number of hydrogen-bond acceptors (Lipinski definition) is 5. The first kappa shape index (κ1) is 10.6. The average Bonchev–Trinajstić information content (AvgIpc) is 2.70. The van der Waals surface area contributed by atoms with Gasteiger partial charge in [-0.2, -0.15) is 0 Å². The summed E-state index contributed by atoms with van der Waals surface area (Å²) in [5.74, 6) is 0.620. The molecule has 0 spiro atoms. The predicted molar refractivity (Wildman–Crippen MR) is 60.0 cm³/mol. The van der Waals surface area contributed by atoms with Crippen LogP contribution in [0.4, 0.5) is 5.00 Å². The first-order valence-corrected chi connectivity index (χ1v) is 5.31. The second-order valence-corrected chi connectivity index (χ2v) is 4.11. The Morgan fingerprint density at radius 1 is 1.38 bits per heavy atom. The number of nitro groups is 1. The Hall–Kier alpha value is -1.95. The van der Waals surface area contributed by atoms with Crippen molar-refractivity contribution in [1.82, 2.24) is 4.98 Å². The van der Waals surface area contributed by atoms with Crippen LogP contribution in [-0.4, -0.2) is 9.91 Å². The Morgan fingerprint density at radius 2 is 2.06 bits per heavy atom. The lowest BCUT2D eigenvalue weighted by Crippen LogP contribution is -1.82. The van der Waals surface area contributed by atoms with E-state index in [0.717, 1.165) is 16.9 Å². The summed E-state index contributed by atoms with van der Waals surface area (Å²) in [7, 11) is 0. The molecule has 16 heavy (non-hydrogen) atoms. The van der Waals surface area contributed by atoms with Crippen molar-refractivity contribution in [3.05, 3.63) is 46.1 Å². The SMILES string of the molecule is Cc1ccc(Oc2ncc([N+](=O)[O-])s2)cc1. The van der Waals surface area contributed by atoms with E-state index in [1.54, 1.807) is 12.1 Å². The molecule has 0 aliphatic heterocycles. The summed E-state index contributed by atoms with van der Waals surface area (Å²) in [6, 6.07) is 7.39. The molecule has 6 heteroatoms. The first-order chi connectivity index (χ1) is 7.65. The molecule has 0 aliphatic carbocycles. The van der Waals surface area contributed by atoms with Gasteiger partial charge >= 0.3 is 5.00 Å². The van der Waals surface area contributed by atoms with Gasteiger partial charge in [-0.05, 0) is 30.4 Å². The largest absolute Gasteiger partial charge is 0.431 e. The van der Waals surface area contributed by atoms with Gasteiger partial charge in [-0.15, -0.1) is 0 Å². The Bertz CT molecular complexity index is 507. The lowest BCUT2D eigenvalue weighted by Gasteiger charge is -2.00. The van der Waals surface area contributed by atoms with Gasteiger partial charge < -0.3 is 4.74 Å². The lowest BCUT2D eigenvalue weighted by molar-refractivity contribution is -0.380. The molecule has 0 aliphatic rings. The summed E-state index contributed by atoms with van der Waals surface area (Å²) in [6.45, 7) is 1.97. The molecule has 1 heterocycles. The third-order valence-electron chi connectivity index (χ3n) is 1.88. The van der Waals surface area contributed by atoms with Gasteiger partial charge in [0.15, 0.2) is 0 Å². The second kappa shape index (κ2) is 4.28. The Morgan fingerprint density at radius 3 is 2.62 bits per heavy atom. The third kappa shape index (κ3) is 2.34. The van der Waals surface area contributed by atoms with E-state index in [1.807, 2.05) is 19.1 Å². The predicted octanol–water partition coefficient (Wildman–Crippen LogP) is 3.15. The number of thiazole rings is 1. The molecule has 0 N–H and O–H groups in total. The van der Waals surface area contributed by atoms with Gasteiger partial charge in [-0.3, -0.25) is 10.1 Å². The van der Waals surface area contributed by atoms with Crippen LogP contribution < -0.4 is 4.74 Å². The van der Waals surface area contributed by atoms with Gasteiger partial charge in [0.25, 0.3) is 5.19 Å². The normalized spacial score (nSPS) is 10.1. The van der Waals surface area contributed by atoms with E-state index in [1.165, 1.54) is 6.20 Å². The van der Waals surface area contributed by atoms with E-state index < -0.39 is 4.92 Å². The van der Waals surface area contributed by atoms with Crippen molar-refractivity contribution in [1.29, 1.82) is 0 Å². The highest BCUT2D eigenvalue weighted by molar-refractivity contribution is 7.16. The van der Waals surface area contributed by atoms with Gasteiger partial charge in [-0.1, -0.05) is 17.7 Å². The molecule has 2 aromatic rings. The minimum Gasteiger partial charge on any atom is -0.431 e. The van der Waals surface area contributed by atoms with Crippen LogP contribution in [0.15, 0.2) is 30.5 Å². The number of hydrogen-bond donors (Lipinski definition) is 0. The number of aromatic nitrogens is 1. The summed E-state index contributed by atoms with van der Waals surface area (Å²) in [4.78, 5) is 13.8. The average molecular weight is 236 g/mol. The molecule has 82 valence electrons. The minimum atomic E-state index is -0.486. The van der Waals surface area contributed by atoms with E-state index in [2.05, 4.69) is 4.98 Å². The van der Waals surface area contributed by atoms with Crippen molar-refractivity contribution in [3.8, 4) is 10.9 Å². The maximum absolute atomic E-state index is 10.4. The highest BCUT2D eigenvalue weighted by Crippen LogP contribution is 2.30. The van der Waals surface area contributed by atoms with Crippen molar-refractivity contribution < 1.29 is 9.66 Å². The molecule has 0 bridgehead atoms.